The Balaban J connectivity index is 0.606. The van der Waals surface area contributed by atoms with Crippen molar-refractivity contribution in [2.45, 2.75) is 109 Å². The van der Waals surface area contributed by atoms with Gasteiger partial charge in [0.1, 0.15) is 17.7 Å². The minimum atomic E-state index is -0.818. The molecule has 6 atom stereocenters. The van der Waals surface area contributed by atoms with Gasteiger partial charge in [-0.2, -0.15) is 0 Å². The monoisotopic (exact) mass is 1080 g/mol. The first-order chi connectivity index (χ1) is 37.9. The number of likely N-dealkylation sites (tertiary alicyclic amines) is 1. The van der Waals surface area contributed by atoms with Crippen molar-refractivity contribution in [3.63, 3.8) is 0 Å². The minimum absolute atomic E-state index is 0.0630. The van der Waals surface area contributed by atoms with Crippen LogP contribution >= 0.6 is 11.3 Å². The first-order valence-corrected chi connectivity index (χ1v) is 28.6. The third kappa shape index (κ3) is 12.7. The lowest BCUT2D eigenvalue weighted by Gasteiger charge is -2.43. The number of carbonyl (C=O) groups is 2. The number of thiazole rings is 1. The Morgan fingerprint density at radius 2 is 1.54 bits per heavy atom. The van der Waals surface area contributed by atoms with Gasteiger partial charge in [0.2, 0.25) is 17.7 Å². The van der Waals surface area contributed by atoms with Crippen LogP contribution in [0, 0.1) is 12.8 Å². The van der Waals surface area contributed by atoms with Gasteiger partial charge in [-0.15, -0.1) is 21.5 Å². The molecule has 0 aliphatic carbocycles. The van der Waals surface area contributed by atoms with Crippen LogP contribution in [0.1, 0.15) is 94.7 Å². The lowest BCUT2D eigenvalue weighted by atomic mass is 9.91. The second kappa shape index (κ2) is 24.9. The molecular formula is C58H74N12O7S. The third-order valence-corrected chi connectivity index (χ3v) is 16.9. The zero-order valence-corrected chi connectivity index (χ0v) is 46.1. The van der Waals surface area contributed by atoms with Gasteiger partial charge in [0.25, 0.3) is 5.88 Å². The molecule has 2 amide bonds. The molecule has 0 saturated carbocycles. The Kier molecular flexibility index (Phi) is 17.4. The number of aryl methyl sites for hydroxylation is 1. The van der Waals surface area contributed by atoms with Crippen LogP contribution in [0.5, 0.6) is 17.5 Å². The molecule has 2 aromatic carbocycles. The number of phenolic OH excluding ortho intramolecular Hbond substituents is 1. The van der Waals surface area contributed by atoms with Crippen molar-refractivity contribution < 1.29 is 33.8 Å². The zero-order valence-electron chi connectivity index (χ0n) is 45.2. The summed E-state index contributed by atoms with van der Waals surface area (Å²) in [6.45, 7) is 16.7. The standard InChI is InChI=1S/C58H74N12O7S/c1-37(2)54(58(74)69-35-45(71)30-49(69)57(73)62-38(3)40-13-15-41(16-14-40)55-39(4)61-36-78-55)51-32-53(65-77-51)76-28-10-8-22-67-25-23-66(24-26-67)21-7-9-27-75-52-29-42(19-20-60-52)70-43-17-18-44(70)34-68(33-43)48-31-47(63-64-56(48)59)46-11-5-6-12-50(46)72/h5-6,11-16,19-20,29,31-32,36-38,43-45,49,54,71-72H,7-10,17-18,21-28,30,33-35H2,1-4H3,(H2,59,64)(H,62,73)/t38-,43?,44?,45+,49-,54-/m0/s1. The lowest BCUT2D eigenvalue weighted by Crippen LogP contribution is -2.54. The van der Waals surface area contributed by atoms with Gasteiger partial charge in [-0.05, 0) is 112 Å². The smallest absolute Gasteiger partial charge is 0.254 e. The molecule has 4 aromatic heterocycles. The van der Waals surface area contributed by atoms with Crippen molar-refractivity contribution in [1.29, 1.82) is 0 Å². The van der Waals surface area contributed by atoms with Crippen molar-refractivity contribution in [3.8, 4) is 39.2 Å². The number of nitrogens with two attached hydrogens (primary N) is 1. The SMILES string of the molecule is Cc1ncsc1-c1ccc([C@H](C)NC(=O)[C@@H]2C[C@@H](O)CN2C(=O)[C@H](c2cc(OCCCCN3CCN(CCCCOc4cc(N5C6CCC5CN(c5cc(-c7ccccc7O)nnc5N)C6)ccn4)CC3)no2)C(C)C)cc1. The van der Waals surface area contributed by atoms with Crippen LogP contribution in [-0.4, -0.2) is 158 Å². The number of nitrogens with one attached hydrogen (secondary N) is 1. The molecule has 4 saturated heterocycles. The molecule has 10 rings (SSSR count). The third-order valence-electron chi connectivity index (χ3n) is 15.9. The van der Waals surface area contributed by atoms with E-state index < -0.39 is 18.1 Å². The van der Waals surface area contributed by atoms with E-state index in [-0.39, 0.29) is 42.5 Å². The predicted octanol–water partition coefficient (Wildman–Crippen LogP) is 7.32. The maximum absolute atomic E-state index is 14.2. The molecule has 4 aliphatic rings. The molecule has 414 valence electrons. The highest BCUT2D eigenvalue weighted by molar-refractivity contribution is 7.13. The summed E-state index contributed by atoms with van der Waals surface area (Å²) >= 11 is 1.59. The number of phenols is 1. The fraction of sp³-hybridized carbons (Fsp3) is 0.500. The number of carbonyl (C=O) groups excluding carboxylic acids is 2. The average Bonchev–Trinajstić information content (AvgIpc) is 4.25. The number of β-amino-alcohol motifs (C(OH)–C–C–N with tert-alkyl or cyclic N) is 1. The van der Waals surface area contributed by atoms with Crippen molar-refractivity contribution in [2.24, 2.45) is 5.92 Å². The summed E-state index contributed by atoms with van der Waals surface area (Å²) in [6.07, 6.45) is 7.21. The highest BCUT2D eigenvalue weighted by atomic mass is 32.1. The molecular weight excluding hydrogens is 1010 g/mol. The molecule has 4 aliphatic heterocycles. The molecule has 2 unspecified atom stereocenters. The number of anilines is 3. The molecule has 78 heavy (non-hydrogen) atoms. The van der Waals surface area contributed by atoms with Gasteiger partial charge in [-0.3, -0.25) is 9.59 Å². The number of aliphatic hydroxyl groups is 1. The van der Waals surface area contributed by atoms with Crippen LogP contribution < -0.4 is 30.3 Å². The van der Waals surface area contributed by atoms with Gasteiger partial charge in [-0.1, -0.05) is 50.2 Å². The number of para-hydroxylation sites is 1. The number of unbranched alkanes of at least 4 members (excludes halogenated alkanes) is 2. The van der Waals surface area contributed by atoms with Crippen LogP contribution in [0.2, 0.25) is 0 Å². The number of rotatable bonds is 22. The summed E-state index contributed by atoms with van der Waals surface area (Å²) in [6, 6.07) is 22.5. The van der Waals surface area contributed by atoms with Crippen molar-refractivity contribution in [2.75, 3.05) is 87.7 Å². The van der Waals surface area contributed by atoms with E-state index in [0.717, 1.165) is 124 Å². The number of aromatic nitrogens is 5. The maximum Gasteiger partial charge on any atom is 0.254 e. The fourth-order valence-electron chi connectivity index (χ4n) is 11.7. The van der Waals surface area contributed by atoms with Gasteiger partial charge in [0, 0.05) is 93.9 Å². The Bertz CT molecular complexity index is 2950. The number of pyridine rings is 1. The Morgan fingerprint density at radius 3 is 2.21 bits per heavy atom. The van der Waals surface area contributed by atoms with E-state index in [9.17, 15) is 19.8 Å². The molecule has 0 spiro atoms. The predicted molar refractivity (Wildman–Crippen MR) is 301 cm³/mol. The van der Waals surface area contributed by atoms with Crippen LogP contribution in [0.15, 0.2) is 89.0 Å². The van der Waals surface area contributed by atoms with Gasteiger partial charge >= 0.3 is 0 Å². The first kappa shape index (κ1) is 54.5. The second-order valence-electron chi connectivity index (χ2n) is 21.7. The summed E-state index contributed by atoms with van der Waals surface area (Å²) < 4.78 is 17.9. The van der Waals surface area contributed by atoms with Gasteiger partial charge in [-0.25, -0.2) is 9.97 Å². The Morgan fingerprint density at radius 1 is 0.846 bits per heavy atom. The van der Waals surface area contributed by atoms with Crippen LogP contribution in [0.25, 0.3) is 21.7 Å². The topological polar surface area (TPSA) is 225 Å². The van der Waals surface area contributed by atoms with Crippen molar-refractivity contribution in [3.05, 3.63) is 102 Å². The largest absolute Gasteiger partial charge is 0.507 e. The fourth-order valence-corrected chi connectivity index (χ4v) is 12.5. The summed E-state index contributed by atoms with van der Waals surface area (Å²) in [5.41, 5.74) is 14.4. The normalized spacial score (nSPS) is 20.6. The summed E-state index contributed by atoms with van der Waals surface area (Å²) in [7, 11) is 0. The maximum atomic E-state index is 14.2. The number of aromatic hydroxyl groups is 1. The number of hydrogen-bond donors (Lipinski definition) is 4. The Hall–Kier alpha value is -6.87. The number of aliphatic hydroxyl groups excluding tert-OH is 1. The second-order valence-corrected chi connectivity index (χ2v) is 22.5. The molecule has 19 nitrogen and oxygen atoms in total. The number of nitrogens with zero attached hydrogens (tertiary/aromatic N) is 10. The van der Waals surface area contributed by atoms with E-state index in [2.05, 4.69) is 62.4 Å². The van der Waals surface area contributed by atoms with Crippen LogP contribution in [-0.2, 0) is 9.59 Å². The number of fused-ring (bicyclic) bond motifs is 2. The number of nitrogen functional groups attached to an aromatic ring is 1. The van der Waals surface area contributed by atoms with Crippen LogP contribution in [0.3, 0.4) is 0 Å². The number of hydrogen-bond acceptors (Lipinski definition) is 18. The number of amides is 2. The number of piperazine rings is 2. The molecule has 20 heteroatoms. The van der Waals surface area contributed by atoms with E-state index in [1.54, 1.807) is 29.5 Å². The van der Waals surface area contributed by atoms with Gasteiger partial charge < -0.3 is 59.8 Å². The molecule has 2 bridgehead atoms. The zero-order chi connectivity index (χ0) is 54.3. The molecule has 6 aromatic rings. The summed E-state index contributed by atoms with van der Waals surface area (Å²) in [4.78, 5) is 49.3. The van der Waals surface area contributed by atoms with E-state index in [4.69, 9.17) is 19.7 Å². The van der Waals surface area contributed by atoms with Gasteiger partial charge in [0.05, 0.1) is 52.8 Å². The molecule has 0 radical (unpaired) electrons. The Labute approximate surface area is 460 Å². The van der Waals surface area contributed by atoms with E-state index in [1.807, 2.05) is 81.9 Å². The molecule has 4 fully saturated rings. The highest BCUT2D eigenvalue weighted by Crippen LogP contribution is 2.40. The van der Waals surface area contributed by atoms with Crippen molar-refractivity contribution >= 4 is 40.3 Å². The summed E-state index contributed by atoms with van der Waals surface area (Å²) in [5.74, 6) is 0.474. The summed E-state index contributed by atoms with van der Waals surface area (Å²) in [5, 5.41) is 36.9. The number of ether oxygens (including phenoxy) is 2. The van der Waals surface area contributed by atoms with E-state index in [0.29, 0.717) is 59.9 Å². The van der Waals surface area contributed by atoms with Gasteiger partial charge in [0.15, 0.2) is 11.6 Å². The molecule has 8 heterocycles. The quantitative estimate of drug-likeness (QED) is 0.0489. The van der Waals surface area contributed by atoms with E-state index in [1.165, 1.54) is 4.90 Å². The minimum Gasteiger partial charge on any atom is -0.507 e. The average molecular weight is 1080 g/mol. The molecule has 5 N–H and O–H groups in total. The van der Waals surface area contributed by atoms with E-state index >= 15 is 0 Å². The first-order valence-electron chi connectivity index (χ1n) is 27.7. The van der Waals surface area contributed by atoms with Crippen molar-refractivity contribution in [1.82, 2.24) is 45.3 Å². The highest BCUT2D eigenvalue weighted by Gasteiger charge is 2.44. The lowest BCUT2D eigenvalue weighted by molar-refractivity contribution is -0.141. The van der Waals surface area contributed by atoms with Crippen LogP contribution in [0.4, 0.5) is 17.2 Å². The number of benzene rings is 2.